The molecule has 0 saturated carbocycles. The van der Waals surface area contributed by atoms with Gasteiger partial charge in [0.05, 0.1) is 22.4 Å². The molecule has 0 atom stereocenters. The molecule has 0 aromatic heterocycles. The first-order valence-electron chi connectivity index (χ1n) is 16.5. The molecule has 0 spiro atoms. The quantitative estimate of drug-likeness (QED) is 0.0324. The summed E-state index contributed by atoms with van der Waals surface area (Å²) >= 11 is 0.915. The lowest BCUT2D eigenvalue weighted by Crippen LogP contribution is -2.32. The molecule has 0 unspecified atom stereocenters. The Morgan fingerprint density at radius 2 is 1.69 bits per heavy atom. The van der Waals surface area contributed by atoms with E-state index in [9.17, 15) is 27.4 Å². The van der Waals surface area contributed by atoms with Crippen molar-refractivity contribution in [2.75, 3.05) is 18.5 Å². The maximum atomic E-state index is 12.2. The molecule has 272 valence electrons. The van der Waals surface area contributed by atoms with E-state index in [1.54, 1.807) is 6.07 Å². The van der Waals surface area contributed by atoms with Crippen LogP contribution in [0.5, 0.6) is 0 Å². The SMILES string of the molecule is C[N+]1=C(/C=C/C=C/C=C2\N(CCCCCC(=O)ON3C(=O)CCC3=O)c3ccc(S(=O)(=O)O)cc3C2(C)C)C(C)(C)c2cc(SOOO)ccc21. The van der Waals surface area contributed by atoms with Crippen LogP contribution in [-0.4, -0.2) is 65.0 Å². The number of hydrogen-bond acceptors (Lipinski definition) is 11. The van der Waals surface area contributed by atoms with Gasteiger partial charge in [0, 0.05) is 65.2 Å². The predicted octanol–water partition coefficient (Wildman–Crippen LogP) is 6.33. The van der Waals surface area contributed by atoms with Gasteiger partial charge in [-0.05, 0) is 68.7 Å². The van der Waals surface area contributed by atoms with Crippen molar-refractivity contribution in [1.82, 2.24) is 5.06 Å². The zero-order chi connectivity index (χ0) is 37.1. The minimum absolute atomic E-state index is 0.0389. The molecule has 13 nitrogen and oxygen atoms in total. The Morgan fingerprint density at radius 1 is 0.961 bits per heavy atom. The second-order valence-corrected chi connectivity index (χ2v) is 15.8. The van der Waals surface area contributed by atoms with Gasteiger partial charge in [-0.3, -0.25) is 14.1 Å². The number of rotatable bonds is 14. The van der Waals surface area contributed by atoms with Crippen LogP contribution < -0.4 is 4.90 Å². The molecule has 2 N–H and O–H groups in total. The van der Waals surface area contributed by atoms with Crippen LogP contribution >= 0.6 is 12.0 Å². The zero-order valence-corrected chi connectivity index (χ0v) is 30.8. The van der Waals surface area contributed by atoms with Crippen LogP contribution in [0.15, 0.2) is 82.3 Å². The number of hydroxylamine groups is 2. The minimum Gasteiger partial charge on any atom is -0.344 e. The Kier molecular flexibility index (Phi) is 11.4. The van der Waals surface area contributed by atoms with Crippen molar-refractivity contribution < 1.29 is 51.4 Å². The molecule has 15 heteroatoms. The molecule has 3 aliphatic heterocycles. The number of benzene rings is 2. The third kappa shape index (κ3) is 8.03. The average Bonchev–Trinajstić information content (AvgIpc) is 3.57. The van der Waals surface area contributed by atoms with Gasteiger partial charge in [0.2, 0.25) is 5.69 Å². The van der Waals surface area contributed by atoms with E-state index < -0.39 is 33.3 Å². The lowest BCUT2D eigenvalue weighted by molar-refractivity contribution is -0.432. The van der Waals surface area contributed by atoms with Crippen LogP contribution in [0.4, 0.5) is 11.4 Å². The second-order valence-electron chi connectivity index (χ2n) is 13.6. The standard InChI is InChI=1S/C36H41N3O10S2/c1-35(2)26-22-24(50-49-48-43)15-17-28(26)37(5)30(35)12-8-6-9-13-31-36(3,4)27-23-25(51(44,45)46)16-18-29(27)38(31)21-11-7-10-14-34(42)47-39-32(40)19-20-33(39)41/h6,8-9,12-13,15-18,22-23H,7,10-11,14,19-21H2,1-5H3,(H-,43,44,45,46)/p+1. The summed E-state index contributed by atoms with van der Waals surface area (Å²) in [5.74, 6) is -1.66. The maximum Gasteiger partial charge on any atom is 0.333 e. The number of hydrogen-bond donors (Lipinski definition) is 2. The van der Waals surface area contributed by atoms with Crippen LogP contribution in [-0.2, 0) is 49.5 Å². The van der Waals surface area contributed by atoms with Gasteiger partial charge in [-0.2, -0.15) is 13.0 Å². The second kappa shape index (κ2) is 15.2. The Bertz CT molecular complexity index is 1950. The van der Waals surface area contributed by atoms with Gasteiger partial charge >= 0.3 is 5.97 Å². The van der Waals surface area contributed by atoms with Gasteiger partial charge in [-0.25, -0.2) is 10.1 Å². The van der Waals surface area contributed by atoms with E-state index in [1.165, 1.54) is 12.1 Å². The van der Waals surface area contributed by atoms with E-state index in [2.05, 4.69) is 38.8 Å². The van der Waals surface area contributed by atoms with Crippen molar-refractivity contribution in [2.45, 2.75) is 86.8 Å². The molecule has 1 fully saturated rings. The lowest BCUT2D eigenvalue weighted by Gasteiger charge is -2.27. The fraction of sp³-hybridized carbons (Fsp3) is 0.389. The molecule has 1 saturated heterocycles. The number of imide groups is 1. The normalized spacial score (nSPS) is 18.9. The predicted molar refractivity (Wildman–Crippen MR) is 190 cm³/mol. The van der Waals surface area contributed by atoms with E-state index in [0.717, 1.165) is 50.8 Å². The largest absolute Gasteiger partial charge is 0.344 e. The fourth-order valence-electron chi connectivity index (χ4n) is 6.86. The molecule has 2 amide bonds. The molecule has 0 aliphatic carbocycles. The molecule has 5 rings (SSSR count). The van der Waals surface area contributed by atoms with Crippen molar-refractivity contribution in [3.63, 3.8) is 0 Å². The smallest absolute Gasteiger partial charge is 0.333 e. The molecule has 51 heavy (non-hydrogen) atoms. The van der Waals surface area contributed by atoms with Crippen molar-refractivity contribution in [3.05, 3.63) is 83.6 Å². The third-order valence-corrected chi connectivity index (χ3v) is 10.9. The zero-order valence-electron chi connectivity index (χ0n) is 29.1. The van der Waals surface area contributed by atoms with Gasteiger partial charge in [-0.15, -0.1) is 9.40 Å². The summed E-state index contributed by atoms with van der Waals surface area (Å²) in [5, 5.41) is 12.8. The monoisotopic (exact) mass is 740 g/mol. The summed E-state index contributed by atoms with van der Waals surface area (Å²) in [5.41, 5.74) is 4.81. The molecule has 0 bridgehead atoms. The van der Waals surface area contributed by atoms with E-state index in [0.29, 0.717) is 30.9 Å². The number of anilines is 1. The van der Waals surface area contributed by atoms with Crippen LogP contribution in [0.3, 0.4) is 0 Å². The maximum absolute atomic E-state index is 12.2. The van der Waals surface area contributed by atoms with Crippen LogP contribution in [0.2, 0.25) is 0 Å². The summed E-state index contributed by atoms with van der Waals surface area (Å²) in [7, 11) is -2.40. The van der Waals surface area contributed by atoms with Crippen LogP contribution in [0.1, 0.15) is 77.3 Å². The summed E-state index contributed by atoms with van der Waals surface area (Å²) in [6.07, 6.45) is 11.8. The number of carbonyl (C=O) groups is 3. The first-order valence-corrected chi connectivity index (χ1v) is 18.7. The summed E-state index contributed by atoms with van der Waals surface area (Å²) in [6.45, 7) is 8.83. The first kappa shape index (κ1) is 38.1. The highest BCUT2D eigenvalue weighted by Gasteiger charge is 2.43. The van der Waals surface area contributed by atoms with E-state index in [-0.39, 0.29) is 29.6 Å². The average molecular weight is 741 g/mol. The van der Waals surface area contributed by atoms with Crippen molar-refractivity contribution in [1.29, 1.82) is 0 Å². The van der Waals surface area contributed by atoms with Crippen LogP contribution in [0.25, 0.3) is 0 Å². The summed E-state index contributed by atoms with van der Waals surface area (Å²) in [6, 6.07) is 10.5. The number of amides is 2. The van der Waals surface area contributed by atoms with Gasteiger partial charge < -0.3 is 9.74 Å². The first-order chi connectivity index (χ1) is 24.1. The topological polar surface area (TPSA) is 163 Å². The molecular formula is C36H42N3O10S2+. The van der Waals surface area contributed by atoms with Crippen LogP contribution in [0, 0.1) is 0 Å². The molecular weight excluding hydrogens is 699 g/mol. The lowest BCUT2D eigenvalue weighted by atomic mass is 9.81. The third-order valence-electron chi connectivity index (χ3n) is 9.52. The highest BCUT2D eigenvalue weighted by Crippen LogP contribution is 2.48. The Hall–Kier alpha value is -4.12. The summed E-state index contributed by atoms with van der Waals surface area (Å²) < 4.78 is 40.5. The Labute approximate surface area is 301 Å². The van der Waals surface area contributed by atoms with Gasteiger partial charge in [0.1, 0.15) is 7.05 Å². The molecule has 0 radical (unpaired) electrons. The highest BCUT2D eigenvalue weighted by atomic mass is 32.2. The number of fused-ring (bicyclic) bond motifs is 2. The number of allylic oxidation sites excluding steroid dienone is 6. The number of unbranched alkanes of at least 4 members (excludes halogenated alkanes) is 2. The van der Waals surface area contributed by atoms with Crippen molar-refractivity contribution in [3.8, 4) is 0 Å². The van der Waals surface area contributed by atoms with Gasteiger partial charge in [0.25, 0.3) is 21.9 Å². The van der Waals surface area contributed by atoms with Crippen molar-refractivity contribution >= 4 is 57.0 Å². The molecule has 2 aromatic rings. The van der Waals surface area contributed by atoms with Gasteiger partial charge in [-0.1, -0.05) is 43.5 Å². The van der Waals surface area contributed by atoms with E-state index >= 15 is 0 Å². The Balaban J connectivity index is 1.30. The minimum atomic E-state index is -4.41. The molecule has 3 aliphatic rings. The van der Waals surface area contributed by atoms with E-state index in [4.69, 9.17) is 10.1 Å². The molecule has 2 aromatic carbocycles. The number of carbonyl (C=O) groups excluding carboxylic acids is 3. The Morgan fingerprint density at radius 3 is 2.37 bits per heavy atom. The molecule has 3 heterocycles. The van der Waals surface area contributed by atoms with Gasteiger partial charge in [0.15, 0.2) is 5.71 Å². The van der Waals surface area contributed by atoms with E-state index in [1.807, 2.05) is 63.4 Å². The van der Waals surface area contributed by atoms with Crippen molar-refractivity contribution in [2.24, 2.45) is 0 Å². The highest BCUT2D eigenvalue weighted by molar-refractivity contribution is 7.94. The number of nitrogens with zero attached hydrogens (tertiary/aromatic N) is 3. The summed E-state index contributed by atoms with van der Waals surface area (Å²) in [4.78, 5) is 43.4. The fourth-order valence-corrected chi connectivity index (χ4v) is 7.76.